The molecule has 1 saturated heterocycles. The van der Waals surface area contributed by atoms with Gasteiger partial charge in [-0.05, 0) is 48.7 Å². The number of rotatable bonds is 7. The van der Waals surface area contributed by atoms with Crippen molar-refractivity contribution in [2.24, 2.45) is 5.73 Å². The lowest BCUT2D eigenvalue weighted by atomic mass is 10.0. The number of aromatic nitrogens is 3. The van der Waals surface area contributed by atoms with Crippen LogP contribution >= 0.6 is 0 Å². The molecule has 2 heterocycles. The molecule has 0 saturated carbocycles. The van der Waals surface area contributed by atoms with Crippen molar-refractivity contribution in [2.45, 2.75) is 24.3 Å². The molecule has 174 valence electrons. The Hall–Kier alpha value is -3.15. The third kappa shape index (κ3) is 4.52. The van der Waals surface area contributed by atoms with Gasteiger partial charge in [0.05, 0.1) is 29.6 Å². The number of fused-ring (bicyclic) bond motifs is 1. The number of halogens is 1. The number of allylic oxidation sites excluding steroid dienone is 1. The quantitative estimate of drug-likeness (QED) is 0.523. The molecule has 0 spiro atoms. The van der Waals surface area contributed by atoms with Gasteiger partial charge in [0.1, 0.15) is 11.3 Å². The normalized spacial score (nSPS) is 15.3. The van der Waals surface area contributed by atoms with Crippen molar-refractivity contribution < 1.29 is 22.3 Å². The van der Waals surface area contributed by atoms with Gasteiger partial charge in [0.25, 0.3) is 0 Å². The van der Waals surface area contributed by atoms with Gasteiger partial charge in [0.15, 0.2) is 0 Å². The molecule has 1 aliphatic heterocycles. The van der Waals surface area contributed by atoms with Crippen LogP contribution in [0, 0.1) is 0 Å². The fourth-order valence-electron chi connectivity index (χ4n) is 3.88. The van der Waals surface area contributed by atoms with Gasteiger partial charge in [-0.25, -0.2) is 22.3 Å². The zero-order chi connectivity index (χ0) is 23.6. The molecule has 0 unspecified atom stereocenters. The van der Waals surface area contributed by atoms with Crippen LogP contribution in [0.5, 0.6) is 0 Å². The average Bonchev–Trinajstić information content (AvgIpc) is 3.49. The average molecular weight is 474 g/mol. The summed E-state index contributed by atoms with van der Waals surface area (Å²) in [5.41, 5.74) is 7.41. The number of carbonyl (C=O) groups is 1. The van der Waals surface area contributed by atoms with Crippen LogP contribution in [0.3, 0.4) is 0 Å². The largest absolute Gasteiger partial charge is 0.465 e. The van der Waals surface area contributed by atoms with Crippen LogP contribution in [0.1, 0.15) is 23.2 Å². The molecule has 3 aromatic rings. The minimum absolute atomic E-state index is 0.0371. The van der Waals surface area contributed by atoms with E-state index in [9.17, 15) is 17.6 Å². The van der Waals surface area contributed by atoms with E-state index in [2.05, 4.69) is 10.3 Å². The highest BCUT2D eigenvalue weighted by Gasteiger charge is 2.27. The van der Waals surface area contributed by atoms with Crippen molar-refractivity contribution in [1.82, 2.24) is 19.3 Å². The Bertz CT molecular complexity index is 1330. The molecule has 1 aliphatic rings. The first-order chi connectivity index (χ1) is 15.8. The predicted molar refractivity (Wildman–Crippen MR) is 121 cm³/mol. The maximum Gasteiger partial charge on any atom is 0.337 e. The molecule has 0 aliphatic carbocycles. The molecule has 0 atom stereocenters. The zero-order valence-electron chi connectivity index (χ0n) is 18.1. The number of nitrogens with zero attached hydrogens (tertiary/aromatic N) is 4. The number of esters is 1. The van der Waals surface area contributed by atoms with E-state index in [0.29, 0.717) is 35.2 Å². The lowest BCUT2D eigenvalue weighted by molar-refractivity contribution is 0.0601. The van der Waals surface area contributed by atoms with Crippen molar-refractivity contribution in [2.75, 3.05) is 26.7 Å². The molecular formula is C22H24FN5O4S. The number of sulfonamides is 1. The Kier molecular flexibility index (Phi) is 6.54. The molecule has 0 radical (unpaired) electrons. The molecule has 4 rings (SSSR count). The van der Waals surface area contributed by atoms with Crippen LogP contribution in [0.15, 0.2) is 53.2 Å². The lowest BCUT2D eigenvalue weighted by Gasteiger charge is -2.16. The van der Waals surface area contributed by atoms with Crippen molar-refractivity contribution in [3.8, 4) is 11.1 Å². The standard InChI is InChI=1S/C22H24FN5O4S/c1-32-22(29)16-12-19(21-20(13-16)28(26-25-21)14-17(23)7-8-24)15-5-4-6-18(11-15)33(30,31)27-9-2-3-10-27/h4-7,11-13H,2-3,8-10,14,24H2,1H3/b17-7-. The summed E-state index contributed by atoms with van der Waals surface area (Å²) in [6, 6.07) is 9.56. The number of ether oxygens (including phenoxy) is 1. The Morgan fingerprint density at radius 1 is 1.24 bits per heavy atom. The van der Waals surface area contributed by atoms with E-state index in [0.717, 1.165) is 12.8 Å². The van der Waals surface area contributed by atoms with Crippen LogP contribution in [0.4, 0.5) is 4.39 Å². The van der Waals surface area contributed by atoms with Crippen LogP contribution in [0.25, 0.3) is 22.2 Å². The third-order valence-corrected chi connectivity index (χ3v) is 7.42. The second-order valence-electron chi connectivity index (χ2n) is 7.66. The van der Waals surface area contributed by atoms with E-state index >= 15 is 0 Å². The van der Waals surface area contributed by atoms with Gasteiger partial charge in [-0.1, -0.05) is 17.3 Å². The van der Waals surface area contributed by atoms with Gasteiger partial charge in [-0.2, -0.15) is 4.31 Å². The monoisotopic (exact) mass is 473 g/mol. The molecule has 33 heavy (non-hydrogen) atoms. The SMILES string of the molecule is COC(=O)c1cc(-c2cccc(S(=O)(=O)N3CCCC3)c2)c2nnn(C/C(F)=C/CN)c2c1. The summed E-state index contributed by atoms with van der Waals surface area (Å²) >= 11 is 0. The van der Waals surface area contributed by atoms with Gasteiger partial charge in [-0.3, -0.25) is 0 Å². The second kappa shape index (κ2) is 9.38. The van der Waals surface area contributed by atoms with Gasteiger partial charge in [0.2, 0.25) is 10.0 Å². The van der Waals surface area contributed by atoms with Crippen LogP contribution in [-0.2, 0) is 21.3 Å². The van der Waals surface area contributed by atoms with Crippen molar-refractivity contribution in [3.63, 3.8) is 0 Å². The molecule has 0 amide bonds. The minimum Gasteiger partial charge on any atom is -0.465 e. The molecule has 1 aromatic heterocycles. The third-order valence-electron chi connectivity index (χ3n) is 5.53. The van der Waals surface area contributed by atoms with Crippen LogP contribution in [0.2, 0.25) is 0 Å². The van der Waals surface area contributed by atoms with Crippen molar-refractivity contribution in [3.05, 3.63) is 53.9 Å². The fraction of sp³-hybridized carbons (Fsp3) is 0.318. The highest BCUT2D eigenvalue weighted by atomic mass is 32.2. The number of carbonyl (C=O) groups excluding carboxylic acids is 1. The molecule has 2 aromatic carbocycles. The van der Waals surface area contributed by atoms with Gasteiger partial charge in [-0.15, -0.1) is 5.10 Å². The van der Waals surface area contributed by atoms with E-state index in [4.69, 9.17) is 10.5 Å². The first-order valence-corrected chi connectivity index (χ1v) is 11.9. The molecule has 2 N–H and O–H groups in total. The smallest absolute Gasteiger partial charge is 0.337 e. The number of benzene rings is 2. The van der Waals surface area contributed by atoms with E-state index in [1.807, 2.05) is 0 Å². The second-order valence-corrected chi connectivity index (χ2v) is 9.59. The van der Waals surface area contributed by atoms with E-state index < -0.39 is 21.8 Å². The molecule has 0 bridgehead atoms. The van der Waals surface area contributed by atoms with Crippen LogP contribution in [-0.4, -0.2) is 60.4 Å². The maximum atomic E-state index is 14.1. The van der Waals surface area contributed by atoms with Gasteiger partial charge < -0.3 is 10.5 Å². The topological polar surface area (TPSA) is 120 Å². The number of hydrogen-bond acceptors (Lipinski definition) is 7. The molecule has 1 fully saturated rings. The Labute approximate surface area is 190 Å². The summed E-state index contributed by atoms with van der Waals surface area (Å²) < 4.78 is 47.9. The summed E-state index contributed by atoms with van der Waals surface area (Å²) in [6.45, 7) is 0.812. The highest BCUT2D eigenvalue weighted by Crippen LogP contribution is 2.32. The van der Waals surface area contributed by atoms with Crippen molar-refractivity contribution in [1.29, 1.82) is 0 Å². The maximum absolute atomic E-state index is 14.1. The van der Waals surface area contributed by atoms with E-state index in [-0.39, 0.29) is 23.5 Å². The summed E-state index contributed by atoms with van der Waals surface area (Å²) in [5, 5.41) is 8.21. The Balaban J connectivity index is 1.86. The lowest BCUT2D eigenvalue weighted by Crippen LogP contribution is -2.27. The number of hydrogen-bond donors (Lipinski definition) is 1. The molecule has 11 heteroatoms. The Morgan fingerprint density at radius 3 is 2.70 bits per heavy atom. The first kappa shape index (κ1) is 23.0. The number of methoxy groups -OCH3 is 1. The minimum atomic E-state index is -3.64. The summed E-state index contributed by atoms with van der Waals surface area (Å²) in [5.74, 6) is -1.09. The summed E-state index contributed by atoms with van der Waals surface area (Å²) in [7, 11) is -2.38. The predicted octanol–water partition coefficient (Wildman–Crippen LogP) is 2.48. The highest BCUT2D eigenvalue weighted by molar-refractivity contribution is 7.89. The van der Waals surface area contributed by atoms with Crippen LogP contribution < -0.4 is 5.73 Å². The first-order valence-electron chi connectivity index (χ1n) is 10.5. The van der Waals surface area contributed by atoms with Gasteiger partial charge in [0, 0.05) is 25.2 Å². The van der Waals surface area contributed by atoms with Crippen molar-refractivity contribution >= 4 is 27.0 Å². The van der Waals surface area contributed by atoms with E-state index in [1.54, 1.807) is 30.3 Å². The summed E-state index contributed by atoms with van der Waals surface area (Å²) in [6.07, 6.45) is 2.89. The Morgan fingerprint density at radius 2 is 2.00 bits per heavy atom. The van der Waals surface area contributed by atoms with E-state index in [1.165, 1.54) is 28.2 Å². The number of nitrogens with two attached hydrogens (primary N) is 1. The fourth-order valence-corrected chi connectivity index (χ4v) is 5.44. The zero-order valence-corrected chi connectivity index (χ0v) is 18.9. The molecule has 9 nitrogen and oxygen atoms in total. The summed E-state index contributed by atoms with van der Waals surface area (Å²) in [4.78, 5) is 12.5. The van der Waals surface area contributed by atoms with Gasteiger partial charge >= 0.3 is 5.97 Å². The molecular weight excluding hydrogens is 449 g/mol.